The normalized spacial score (nSPS) is 15.4. The van der Waals surface area contributed by atoms with Gasteiger partial charge in [-0.1, -0.05) is 5.16 Å². The first-order valence-corrected chi connectivity index (χ1v) is 9.77. The molecule has 1 aliphatic rings. The minimum Gasteiger partial charge on any atom is -0.379 e. The topological polar surface area (TPSA) is 113 Å². The molecule has 1 aliphatic heterocycles. The number of aryl methyl sites for hydroxylation is 3. The first kappa shape index (κ1) is 19.5. The zero-order valence-corrected chi connectivity index (χ0v) is 16.7. The Balaban J connectivity index is 1.36. The van der Waals surface area contributed by atoms with Crippen molar-refractivity contribution in [3.8, 4) is 0 Å². The molecule has 156 valence electrons. The SMILES string of the molecule is Cn1c(=O)c2c(ncn2CCCc2noc(CCN3CCOCC3)n2)n(C)c1=O. The molecule has 29 heavy (non-hydrogen) atoms. The Labute approximate surface area is 166 Å². The van der Waals surface area contributed by atoms with Crippen molar-refractivity contribution in [1.29, 1.82) is 0 Å². The molecular formula is C18H25N7O4. The Hall–Kier alpha value is -2.79. The largest absolute Gasteiger partial charge is 0.379 e. The smallest absolute Gasteiger partial charge is 0.332 e. The highest BCUT2D eigenvalue weighted by atomic mass is 16.5. The number of aromatic nitrogens is 6. The van der Waals surface area contributed by atoms with E-state index < -0.39 is 0 Å². The van der Waals surface area contributed by atoms with E-state index in [0.29, 0.717) is 35.8 Å². The number of rotatable bonds is 7. The predicted octanol–water partition coefficient (Wildman–Crippen LogP) is -0.676. The fraction of sp³-hybridized carbons (Fsp3) is 0.611. The summed E-state index contributed by atoms with van der Waals surface area (Å²) in [6.45, 7) is 4.87. The van der Waals surface area contributed by atoms with Crippen molar-refractivity contribution in [1.82, 2.24) is 33.7 Å². The van der Waals surface area contributed by atoms with Crippen molar-refractivity contribution in [2.45, 2.75) is 25.8 Å². The lowest BCUT2D eigenvalue weighted by molar-refractivity contribution is 0.0375. The van der Waals surface area contributed by atoms with Crippen LogP contribution in [0.25, 0.3) is 11.2 Å². The number of nitrogens with zero attached hydrogens (tertiary/aromatic N) is 7. The highest BCUT2D eigenvalue weighted by molar-refractivity contribution is 5.69. The Bertz CT molecular complexity index is 1100. The second-order valence-corrected chi connectivity index (χ2v) is 7.23. The van der Waals surface area contributed by atoms with Gasteiger partial charge in [-0.2, -0.15) is 4.98 Å². The molecule has 0 atom stereocenters. The van der Waals surface area contributed by atoms with Crippen LogP contribution in [0.15, 0.2) is 20.4 Å². The van der Waals surface area contributed by atoms with Gasteiger partial charge >= 0.3 is 5.69 Å². The van der Waals surface area contributed by atoms with E-state index in [-0.39, 0.29) is 11.2 Å². The van der Waals surface area contributed by atoms with Crippen LogP contribution in [0, 0.1) is 0 Å². The van der Waals surface area contributed by atoms with Crippen molar-refractivity contribution in [3.05, 3.63) is 38.9 Å². The van der Waals surface area contributed by atoms with E-state index >= 15 is 0 Å². The van der Waals surface area contributed by atoms with E-state index in [1.54, 1.807) is 17.9 Å². The number of fused-ring (bicyclic) bond motifs is 1. The third-order valence-electron chi connectivity index (χ3n) is 5.27. The molecule has 4 rings (SSSR count). The summed E-state index contributed by atoms with van der Waals surface area (Å²) in [6.07, 6.45) is 3.67. The molecule has 11 nitrogen and oxygen atoms in total. The van der Waals surface area contributed by atoms with Crippen LogP contribution in [0.1, 0.15) is 18.1 Å². The zero-order valence-electron chi connectivity index (χ0n) is 16.7. The van der Waals surface area contributed by atoms with Gasteiger partial charge in [0.1, 0.15) is 0 Å². The van der Waals surface area contributed by atoms with E-state index in [0.717, 1.165) is 50.3 Å². The average Bonchev–Trinajstić information content (AvgIpc) is 3.37. The lowest BCUT2D eigenvalue weighted by Gasteiger charge is -2.25. The molecule has 1 fully saturated rings. The molecule has 0 N–H and O–H groups in total. The molecule has 0 radical (unpaired) electrons. The first-order chi connectivity index (χ1) is 14.0. The molecular weight excluding hydrogens is 378 g/mol. The van der Waals surface area contributed by atoms with Gasteiger partial charge in [0.25, 0.3) is 5.56 Å². The van der Waals surface area contributed by atoms with E-state index in [2.05, 4.69) is 20.0 Å². The van der Waals surface area contributed by atoms with Gasteiger partial charge in [-0.05, 0) is 6.42 Å². The molecule has 0 aromatic carbocycles. The van der Waals surface area contributed by atoms with Crippen LogP contribution >= 0.6 is 0 Å². The predicted molar refractivity (Wildman–Crippen MR) is 104 cm³/mol. The van der Waals surface area contributed by atoms with Crippen LogP contribution in [0.4, 0.5) is 0 Å². The van der Waals surface area contributed by atoms with Gasteiger partial charge in [0.15, 0.2) is 17.0 Å². The molecule has 3 aromatic heterocycles. The maximum Gasteiger partial charge on any atom is 0.332 e. The van der Waals surface area contributed by atoms with Gasteiger partial charge in [0.2, 0.25) is 5.89 Å². The average molecular weight is 403 g/mol. The van der Waals surface area contributed by atoms with Crippen LogP contribution in [-0.2, 0) is 38.2 Å². The second-order valence-electron chi connectivity index (χ2n) is 7.23. The number of hydrogen-bond donors (Lipinski definition) is 0. The Kier molecular flexibility index (Phi) is 5.58. The lowest BCUT2D eigenvalue weighted by atomic mass is 10.3. The molecule has 4 heterocycles. The van der Waals surface area contributed by atoms with Crippen molar-refractivity contribution in [2.75, 3.05) is 32.8 Å². The van der Waals surface area contributed by atoms with Gasteiger partial charge in [0, 0.05) is 53.1 Å². The minimum absolute atomic E-state index is 0.342. The summed E-state index contributed by atoms with van der Waals surface area (Å²) in [6, 6.07) is 0. The summed E-state index contributed by atoms with van der Waals surface area (Å²) in [5.74, 6) is 1.30. The standard InChI is InChI=1S/C18H25N7O4/c1-22-16-15(17(26)23(2)18(22)27)25(12-19-16)6-3-4-13-20-14(29-21-13)5-7-24-8-10-28-11-9-24/h12H,3-11H2,1-2H3. The quantitative estimate of drug-likeness (QED) is 0.510. The Morgan fingerprint density at radius 1 is 1.07 bits per heavy atom. The van der Waals surface area contributed by atoms with Crippen LogP contribution in [0.5, 0.6) is 0 Å². The summed E-state index contributed by atoms with van der Waals surface area (Å²) < 4.78 is 14.9. The Morgan fingerprint density at radius 2 is 1.86 bits per heavy atom. The van der Waals surface area contributed by atoms with Crippen molar-refractivity contribution in [3.63, 3.8) is 0 Å². The van der Waals surface area contributed by atoms with Gasteiger partial charge in [0.05, 0.1) is 19.5 Å². The van der Waals surface area contributed by atoms with Gasteiger partial charge in [-0.3, -0.25) is 18.8 Å². The third-order valence-corrected chi connectivity index (χ3v) is 5.27. The maximum absolute atomic E-state index is 12.5. The van der Waals surface area contributed by atoms with Crippen LogP contribution in [0.3, 0.4) is 0 Å². The van der Waals surface area contributed by atoms with E-state index in [1.165, 1.54) is 11.6 Å². The van der Waals surface area contributed by atoms with E-state index in [4.69, 9.17) is 9.26 Å². The van der Waals surface area contributed by atoms with Crippen LogP contribution in [0.2, 0.25) is 0 Å². The zero-order chi connectivity index (χ0) is 20.4. The molecule has 0 bridgehead atoms. The van der Waals surface area contributed by atoms with Crippen molar-refractivity contribution < 1.29 is 9.26 Å². The molecule has 0 spiro atoms. The van der Waals surface area contributed by atoms with Gasteiger partial charge < -0.3 is 13.8 Å². The van der Waals surface area contributed by atoms with E-state index in [9.17, 15) is 9.59 Å². The Morgan fingerprint density at radius 3 is 2.66 bits per heavy atom. The molecule has 0 amide bonds. The fourth-order valence-electron chi connectivity index (χ4n) is 3.55. The molecule has 0 saturated carbocycles. The summed E-state index contributed by atoms with van der Waals surface area (Å²) in [5, 5.41) is 4.05. The summed E-state index contributed by atoms with van der Waals surface area (Å²) in [5.41, 5.74) is 0.0895. The minimum atomic E-state index is -0.385. The number of ether oxygens (including phenoxy) is 1. The van der Waals surface area contributed by atoms with Crippen molar-refractivity contribution >= 4 is 11.2 Å². The first-order valence-electron chi connectivity index (χ1n) is 9.77. The molecule has 11 heteroatoms. The molecule has 1 saturated heterocycles. The highest BCUT2D eigenvalue weighted by Crippen LogP contribution is 2.09. The van der Waals surface area contributed by atoms with Crippen LogP contribution < -0.4 is 11.2 Å². The molecule has 3 aromatic rings. The third kappa shape index (κ3) is 4.01. The van der Waals surface area contributed by atoms with Crippen LogP contribution in [-0.4, -0.2) is 66.6 Å². The monoisotopic (exact) mass is 403 g/mol. The summed E-state index contributed by atoms with van der Waals surface area (Å²) >= 11 is 0. The molecule has 0 aliphatic carbocycles. The summed E-state index contributed by atoms with van der Waals surface area (Å²) in [7, 11) is 3.08. The lowest BCUT2D eigenvalue weighted by Crippen LogP contribution is -2.37. The fourth-order valence-corrected chi connectivity index (χ4v) is 3.55. The van der Waals surface area contributed by atoms with Gasteiger partial charge in [-0.25, -0.2) is 9.78 Å². The number of morpholine rings is 1. The molecule has 0 unspecified atom stereocenters. The van der Waals surface area contributed by atoms with E-state index in [1.807, 2.05) is 0 Å². The maximum atomic E-state index is 12.5. The number of imidazole rings is 1. The van der Waals surface area contributed by atoms with Gasteiger partial charge in [-0.15, -0.1) is 0 Å². The summed E-state index contributed by atoms with van der Waals surface area (Å²) in [4.78, 5) is 35.5. The highest BCUT2D eigenvalue weighted by Gasteiger charge is 2.15. The van der Waals surface area contributed by atoms with Crippen molar-refractivity contribution in [2.24, 2.45) is 14.1 Å². The number of hydrogen-bond acceptors (Lipinski definition) is 8. The second kappa shape index (κ2) is 8.29.